The molecule has 0 saturated heterocycles. The van der Waals surface area contributed by atoms with Gasteiger partial charge in [0.15, 0.2) is 0 Å². The zero-order valence-corrected chi connectivity index (χ0v) is 9.48. The topological polar surface area (TPSA) is 67.5 Å². The molecule has 18 heavy (non-hydrogen) atoms. The standard InChI is InChI=1S/C13H11N3O2/c17-13(12-7-1-2-8-14-12)16-15-9-3-5-11-6-4-10-18-11/h1-10H,(H,16,17)/b5-3-,15-9+. The van der Waals surface area contributed by atoms with Gasteiger partial charge in [0, 0.05) is 12.4 Å². The lowest BCUT2D eigenvalue weighted by atomic mass is 10.3. The van der Waals surface area contributed by atoms with Crippen LogP contribution in [0.1, 0.15) is 16.2 Å². The number of pyridine rings is 1. The first-order valence-corrected chi connectivity index (χ1v) is 5.31. The van der Waals surface area contributed by atoms with Crippen LogP contribution in [0.2, 0.25) is 0 Å². The molecule has 0 aliphatic heterocycles. The Kier molecular flexibility index (Phi) is 4.02. The lowest BCUT2D eigenvalue weighted by molar-refractivity contribution is 0.0950. The minimum Gasteiger partial charge on any atom is -0.465 e. The first-order valence-electron chi connectivity index (χ1n) is 5.31. The Bertz CT molecular complexity index is 545. The van der Waals surface area contributed by atoms with Gasteiger partial charge in [0.1, 0.15) is 11.5 Å². The van der Waals surface area contributed by atoms with E-state index < -0.39 is 0 Å². The van der Waals surface area contributed by atoms with Crippen molar-refractivity contribution in [1.29, 1.82) is 0 Å². The molecule has 5 nitrogen and oxygen atoms in total. The number of nitrogens with one attached hydrogen (secondary N) is 1. The summed E-state index contributed by atoms with van der Waals surface area (Å²) in [6.45, 7) is 0. The highest BCUT2D eigenvalue weighted by atomic mass is 16.3. The summed E-state index contributed by atoms with van der Waals surface area (Å²) in [5, 5.41) is 3.75. The molecule has 0 unspecified atom stereocenters. The summed E-state index contributed by atoms with van der Waals surface area (Å²) in [5.74, 6) is 0.371. The van der Waals surface area contributed by atoms with E-state index in [2.05, 4.69) is 15.5 Å². The highest BCUT2D eigenvalue weighted by molar-refractivity contribution is 5.92. The zero-order chi connectivity index (χ0) is 12.6. The predicted molar refractivity (Wildman–Crippen MR) is 67.9 cm³/mol. The van der Waals surface area contributed by atoms with Gasteiger partial charge < -0.3 is 4.42 Å². The van der Waals surface area contributed by atoms with Gasteiger partial charge in [-0.05, 0) is 36.4 Å². The molecule has 0 aliphatic carbocycles. The number of furan rings is 1. The Labute approximate surface area is 104 Å². The van der Waals surface area contributed by atoms with Crippen LogP contribution in [0.4, 0.5) is 0 Å². The van der Waals surface area contributed by atoms with Gasteiger partial charge in [0.05, 0.1) is 6.26 Å². The Morgan fingerprint density at radius 2 is 2.28 bits per heavy atom. The van der Waals surface area contributed by atoms with Crippen LogP contribution in [0.3, 0.4) is 0 Å². The fourth-order valence-electron chi connectivity index (χ4n) is 1.22. The summed E-state index contributed by atoms with van der Waals surface area (Å²) in [6.07, 6.45) is 7.99. The number of rotatable bonds is 4. The van der Waals surface area contributed by atoms with Gasteiger partial charge in [-0.25, -0.2) is 5.43 Å². The predicted octanol–water partition coefficient (Wildman–Crippen LogP) is 2.10. The van der Waals surface area contributed by atoms with E-state index in [0.717, 1.165) is 5.76 Å². The molecule has 0 spiro atoms. The van der Waals surface area contributed by atoms with Crippen LogP contribution >= 0.6 is 0 Å². The molecule has 0 fully saturated rings. The number of hydrazone groups is 1. The van der Waals surface area contributed by atoms with Crippen molar-refractivity contribution in [1.82, 2.24) is 10.4 Å². The van der Waals surface area contributed by atoms with Crippen molar-refractivity contribution in [2.75, 3.05) is 0 Å². The van der Waals surface area contributed by atoms with Crippen molar-refractivity contribution in [3.63, 3.8) is 0 Å². The molecule has 0 saturated carbocycles. The third-order valence-corrected chi connectivity index (χ3v) is 2.03. The maximum Gasteiger partial charge on any atom is 0.289 e. The molecule has 2 heterocycles. The second kappa shape index (κ2) is 6.15. The number of hydrogen-bond acceptors (Lipinski definition) is 4. The molecule has 2 aromatic rings. The molecular weight excluding hydrogens is 230 g/mol. The van der Waals surface area contributed by atoms with Crippen molar-refractivity contribution in [3.05, 3.63) is 60.3 Å². The number of amides is 1. The smallest absolute Gasteiger partial charge is 0.289 e. The average molecular weight is 241 g/mol. The highest BCUT2D eigenvalue weighted by Gasteiger charge is 2.02. The molecule has 1 N–H and O–H groups in total. The molecule has 1 amide bonds. The van der Waals surface area contributed by atoms with Crippen LogP contribution < -0.4 is 5.43 Å². The van der Waals surface area contributed by atoms with Crippen molar-refractivity contribution in [3.8, 4) is 0 Å². The number of carbonyl (C=O) groups is 1. The summed E-state index contributed by atoms with van der Waals surface area (Å²) in [5.41, 5.74) is 2.69. The van der Waals surface area contributed by atoms with Crippen LogP contribution in [0.5, 0.6) is 0 Å². The molecule has 0 atom stereocenters. The molecule has 2 aromatic heterocycles. The van der Waals surface area contributed by atoms with E-state index in [0.29, 0.717) is 5.69 Å². The normalized spacial score (nSPS) is 11.1. The molecule has 0 radical (unpaired) electrons. The number of nitrogens with zero attached hydrogens (tertiary/aromatic N) is 2. The maximum absolute atomic E-state index is 11.5. The van der Waals surface area contributed by atoms with Crippen molar-refractivity contribution in [2.45, 2.75) is 0 Å². The first-order chi connectivity index (χ1) is 8.86. The first kappa shape index (κ1) is 11.8. The second-order valence-electron chi connectivity index (χ2n) is 3.31. The fraction of sp³-hybridized carbons (Fsp3) is 0. The Morgan fingerprint density at radius 1 is 1.33 bits per heavy atom. The van der Waals surface area contributed by atoms with E-state index in [4.69, 9.17) is 4.42 Å². The van der Waals surface area contributed by atoms with E-state index in [1.807, 2.05) is 6.07 Å². The SMILES string of the molecule is O=C(N/N=C/C=C\c1ccco1)c1ccccn1. The van der Waals surface area contributed by atoms with E-state index in [9.17, 15) is 4.79 Å². The van der Waals surface area contributed by atoms with Gasteiger partial charge in [-0.15, -0.1) is 0 Å². The summed E-state index contributed by atoms with van der Waals surface area (Å²) < 4.78 is 5.08. The van der Waals surface area contributed by atoms with E-state index in [1.54, 1.807) is 48.9 Å². The number of hydrogen-bond donors (Lipinski definition) is 1. The third-order valence-electron chi connectivity index (χ3n) is 2.03. The quantitative estimate of drug-likeness (QED) is 0.658. The van der Waals surface area contributed by atoms with Gasteiger partial charge in [-0.1, -0.05) is 6.07 Å². The zero-order valence-electron chi connectivity index (χ0n) is 9.48. The van der Waals surface area contributed by atoms with Crippen molar-refractivity contribution >= 4 is 18.2 Å². The molecular formula is C13H11N3O2. The van der Waals surface area contributed by atoms with Crippen molar-refractivity contribution in [2.24, 2.45) is 5.10 Å². The highest BCUT2D eigenvalue weighted by Crippen LogP contribution is 2.00. The lowest BCUT2D eigenvalue weighted by Crippen LogP contribution is -2.18. The Hall–Kier alpha value is -2.69. The van der Waals surface area contributed by atoms with Crippen LogP contribution in [0.25, 0.3) is 6.08 Å². The minimum absolute atomic E-state index is 0.324. The summed E-state index contributed by atoms with van der Waals surface area (Å²) >= 11 is 0. The number of aromatic nitrogens is 1. The third kappa shape index (κ3) is 3.41. The summed E-state index contributed by atoms with van der Waals surface area (Å²) in [7, 11) is 0. The second-order valence-corrected chi connectivity index (χ2v) is 3.31. The van der Waals surface area contributed by atoms with Gasteiger partial charge >= 0.3 is 0 Å². The van der Waals surface area contributed by atoms with E-state index in [-0.39, 0.29) is 5.91 Å². The van der Waals surface area contributed by atoms with Gasteiger partial charge in [0.2, 0.25) is 0 Å². The fourth-order valence-corrected chi connectivity index (χ4v) is 1.22. The maximum atomic E-state index is 11.5. The average Bonchev–Trinajstić information content (AvgIpc) is 2.92. The van der Waals surface area contributed by atoms with Gasteiger partial charge in [-0.2, -0.15) is 5.10 Å². The number of allylic oxidation sites excluding steroid dienone is 1. The van der Waals surface area contributed by atoms with E-state index >= 15 is 0 Å². The van der Waals surface area contributed by atoms with Crippen LogP contribution in [-0.4, -0.2) is 17.1 Å². The molecule has 2 rings (SSSR count). The largest absolute Gasteiger partial charge is 0.465 e. The van der Waals surface area contributed by atoms with Gasteiger partial charge in [0.25, 0.3) is 5.91 Å². The van der Waals surface area contributed by atoms with Crippen LogP contribution in [0.15, 0.2) is 58.4 Å². The van der Waals surface area contributed by atoms with Crippen LogP contribution in [0, 0.1) is 0 Å². The lowest BCUT2D eigenvalue weighted by Gasteiger charge is -1.96. The molecule has 0 aromatic carbocycles. The summed E-state index contributed by atoms with van der Waals surface area (Å²) in [4.78, 5) is 15.4. The van der Waals surface area contributed by atoms with Gasteiger partial charge in [-0.3, -0.25) is 9.78 Å². The number of carbonyl (C=O) groups excluding carboxylic acids is 1. The summed E-state index contributed by atoms with van der Waals surface area (Å²) in [6, 6.07) is 8.70. The Morgan fingerprint density at radius 3 is 3.00 bits per heavy atom. The van der Waals surface area contributed by atoms with Crippen molar-refractivity contribution < 1.29 is 9.21 Å². The molecule has 90 valence electrons. The minimum atomic E-state index is -0.349. The molecule has 0 bridgehead atoms. The van der Waals surface area contributed by atoms with E-state index in [1.165, 1.54) is 6.21 Å². The van der Waals surface area contributed by atoms with Crippen LogP contribution in [-0.2, 0) is 0 Å². The monoisotopic (exact) mass is 241 g/mol. The Balaban J connectivity index is 1.83. The molecule has 0 aliphatic rings. The molecule has 5 heteroatoms.